The molecule has 3 rings (SSSR count). The van der Waals surface area contributed by atoms with Crippen molar-refractivity contribution in [3.8, 4) is 0 Å². The number of benzene rings is 1. The number of hydrogen-bond acceptors (Lipinski definition) is 4. The first kappa shape index (κ1) is 15.9. The Morgan fingerprint density at radius 2 is 2.13 bits per heavy atom. The molecule has 2 heterocycles. The van der Waals surface area contributed by atoms with E-state index in [0.717, 1.165) is 37.4 Å². The molecule has 1 aromatic carbocycles. The summed E-state index contributed by atoms with van der Waals surface area (Å²) in [7, 11) is 4.34. The van der Waals surface area contributed by atoms with Gasteiger partial charge < -0.3 is 9.80 Å². The summed E-state index contributed by atoms with van der Waals surface area (Å²) in [5.74, 6) is 0.911. The summed E-state index contributed by atoms with van der Waals surface area (Å²) in [5, 5.41) is 0. The van der Waals surface area contributed by atoms with Gasteiger partial charge in [-0.15, -0.1) is 0 Å². The molecule has 1 aliphatic heterocycles. The van der Waals surface area contributed by atoms with Crippen LogP contribution in [0, 0.1) is 0 Å². The molecule has 0 radical (unpaired) electrons. The summed E-state index contributed by atoms with van der Waals surface area (Å²) in [6.45, 7) is 4.37. The van der Waals surface area contributed by atoms with E-state index in [1.54, 1.807) is 0 Å². The monoisotopic (exact) mass is 310 g/mol. The normalized spacial score (nSPS) is 17.9. The van der Waals surface area contributed by atoms with Crippen LogP contribution in [-0.4, -0.2) is 48.1 Å². The van der Waals surface area contributed by atoms with Crippen LogP contribution in [0.15, 0.2) is 36.5 Å². The maximum absolute atomic E-state index is 4.62. The largest absolute Gasteiger partial charge is 0.370 e. The van der Waals surface area contributed by atoms with Gasteiger partial charge in [-0.25, -0.2) is 9.97 Å². The number of aryl methyl sites for hydroxylation is 1. The first-order chi connectivity index (χ1) is 11.2. The highest BCUT2D eigenvalue weighted by Gasteiger charge is 2.24. The Morgan fingerprint density at radius 3 is 2.87 bits per heavy atom. The van der Waals surface area contributed by atoms with Gasteiger partial charge in [-0.05, 0) is 50.7 Å². The highest BCUT2D eigenvalue weighted by atomic mass is 15.2. The van der Waals surface area contributed by atoms with Crippen LogP contribution in [-0.2, 0) is 12.8 Å². The number of nitrogens with zero attached hydrogens (tertiary/aromatic N) is 4. The lowest BCUT2D eigenvalue weighted by atomic mass is 10.1. The van der Waals surface area contributed by atoms with E-state index in [4.69, 9.17) is 0 Å². The Labute approximate surface area is 139 Å². The van der Waals surface area contributed by atoms with Crippen LogP contribution >= 0.6 is 0 Å². The highest BCUT2D eigenvalue weighted by Crippen LogP contribution is 2.23. The molecule has 0 N–H and O–H groups in total. The van der Waals surface area contributed by atoms with Gasteiger partial charge in [0, 0.05) is 43.1 Å². The van der Waals surface area contributed by atoms with Crippen LogP contribution in [0.4, 0.5) is 5.69 Å². The first-order valence-electron chi connectivity index (χ1n) is 8.47. The Bertz CT molecular complexity index is 653. The Hall–Kier alpha value is -1.94. The lowest BCUT2D eigenvalue weighted by molar-refractivity contribution is 0.315. The van der Waals surface area contributed by atoms with Gasteiger partial charge >= 0.3 is 0 Å². The first-order valence-corrected chi connectivity index (χ1v) is 8.47. The van der Waals surface area contributed by atoms with Gasteiger partial charge in [0.05, 0.1) is 0 Å². The van der Waals surface area contributed by atoms with E-state index in [-0.39, 0.29) is 0 Å². The van der Waals surface area contributed by atoms with Gasteiger partial charge in [0.15, 0.2) is 0 Å². The van der Waals surface area contributed by atoms with E-state index >= 15 is 0 Å². The summed E-state index contributed by atoms with van der Waals surface area (Å²) in [6.07, 6.45) is 4.86. The molecule has 0 amide bonds. The summed E-state index contributed by atoms with van der Waals surface area (Å²) < 4.78 is 0. The second-order valence-corrected chi connectivity index (χ2v) is 6.52. The molecule has 1 aliphatic rings. The molecular weight excluding hydrogens is 284 g/mol. The number of anilines is 1. The fourth-order valence-electron chi connectivity index (χ4n) is 3.17. The molecule has 1 fully saturated rings. The van der Waals surface area contributed by atoms with E-state index < -0.39 is 0 Å². The Balaban J connectivity index is 1.72. The van der Waals surface area contributed by atoms with Crippen molar-refractivity contribution in [2.24, 2.45) is 0 Å². The smallest absolute Gasteiger partial charge is 0.132 e. The number of likely N-dealkylation sites (N-methyl/N-ethyl adjacent to an activating group) is 1. The minimum Gasteiger partial charge on any atom is -0.370 e. The van der Waals surface area contributed by atoms with Crippen molar-refractivity contribution in [3.05, 3.63) is 53.6 Å². The van der Waals surface area contributed by atoms with E-state index in [1.807, 2.05) is 12.3 Å². The van der Waals surface area contributed by atoms with Gasteiger partial charge in [0.2, 0.25) is 0 Å². The molecule has 4 nitrogen and oxygen atoms in total. The van der Waals surface area contributed by atoms with Crippen LogP contribution in [0.1, 0.15) is 30.4 Å². The van der Waals surface area contributed by atoms with Crippen LogP contribution in [0.2, 0.25) is 0 Å². The Morgan fingerprint density at radius 1 is 1.26 bits per heavy atom. The molecule has 2 aromatic rings. The third-order valence-corrected chi connectivity index (χ3v) is 4.66. The van der Waals surface area contributed by atoms with Crippen LogP contribution in [0.25, 0.3) is 0 Å². The van der Waals surface area contributed by atoms with E-state index in [9.17, 15) is 0 Å². The predicted octanol–water partition coefficient (Wildman–Crippen LogP) is 2.77. The molecule has 1 aromatic heterocycles. The quantitative estimate of drug-likeness (QED) is 0.850. The fraction of sp³-hybridized carbons (Fsp3) is 0.474. The van der Waals surface area contributed by atoms with Crippen molar-refractivity contribution in [1.82, 2.24) is 14.9 Å². The van der Waals surface area contributed by atoms with Crippen molar-refractivity contribution in [2.45, 2.75) is 32.2 Å². The molecule has 0 spiro atoms. The highest BCUT2D eigenvalue weighted by molar-refractivity contribution is 5.50. The second-order valence-electron chi connectivity index (χ2n) is 6.52. The molecule has 1 saturated heterocycles. The number of rotatable bonds is 5. The number of aromatic nitrogens is 2. The molecule has 0 saturated carbocycles. The molecule has 0 aliphatic carbocycles. The SMILES string of the molecule is CCc1ccnc(Cc2cccc(N3CCC(N(C)C)C3)c2)n1. The Kier molecular flexibility index (Phi) is 4.91. The maximum Gasteiger partial charge on any atom is 0.132 e. The van der Waals surface area contributed by atoms with Gasteiger partial charge in [-0.1, -0.05) is 19.1 Å². The summed E-state index contributed by atoms with van der Waals surface area (Å²) in [5.41, 5.74) is 3.71. The fourth-order valence-corrected chi connectivity index (χ4v) is 3.17. The van der Waals surface area contributed by atoms with E-state index in [2.05, 4.69) is 65.1 Å². The van der Waals surface area contributed by atoms with Crippen molar-refractivity contribution in [1.29, 1.82) is 0 Å². The lowest BCUT2D eigenvalue weighted by Crippen LogP contribution is -2.31. The molecule has 23 heavy (non-hydrogen) atoms. The second kappa shape index (κ2) is 7.09. The molecule has 0 bridgehead atoms. The molecular formula is C19H26N4. The summed E-state index contributed by atoms with van der Waals surface area (Å²) >= 11 is 0. The van der Waals surface area contributed by atoms with E-state index in [0.29, 0.717) is 6.04 Å². The standard InChI is InChI=1S/C19H26N4/c1-4-16-8-10-20-19(21-16)13-15-6-5-7-17(12-15)23-11-9-18(14-23)22(2)3/h5-8,10,12,18H,4,9,11,13-14H2,1-3H3. The average molecular weight is 310 g/mol. The zero-order chi connectivity index (χ0) is 16.2. The minimum atomic E-state index is 0.656. The van der Waals surface area contributed by atoms with Crippen LogP contribution < -0.4 is 4.90 Å². The predicted molar refractivity (Wildman–Crippen MR) is 95.0 cm³/mol. The van der Waals surface area contributed by atoms with Gasteiger partial charge in [-0.3, -0.25) is 0 Å². The summed E-state index contributed by atoms with van der Waals surface area (Å²) in [4.78, 5) is 13.8. The van der Waals surface area contributed by atoms with Gasteiger partial charge in [0.25, 0.3) is 0 Å². The lowest BCUT2D eigenvalue weighted by Gasteiger charge is -2.22. The molecule has 1 unspecified atom stereocenters. The van der Waals surface area contributed by atoms with Crippen molar-refractivity contribution in [2.75, 3.05) is 32.1 Å². The molecule has 122 valence electrons. The number of hydrogen-bond donors (Lipinski definition) is 0. The van der Waals surface area contributed by atoms with Crippen molar-refractivity contribution >= 4 is 5.69 Å². The zero-order valence-corrected chi connectivity index (χ0v) is 14.4. The summed E-state index contributed by atoms with van der Waals surface area (Å²) in [6, 6.07) is 11.5. The van der Waals surface area contributed by atoms with E-state index in [1.165, 1.54) is 17.7 Å². The maximum atomic E-state index is 4.62. The topological polar surface area (TPSA) is 32.3 Å². The molecule has 1 atom stereocenters. The molecule has 4 heteroatoms. The van der Waals surface area contributed by atoms with Crippen LogP contribution in [0.5, 0.6) is 0 Å². The third kappa shape index (κ3) is 3.88. The van der Waals surface area contributed by atoms with Crippen molar-refractivity contribution in [3.63, 3.8) is 0 Å². The van der Waals surface area contributed by atoms with Gasteiger partial charge in [0.1, 0.15) is 5.82 Å². The van der Waals surface area contributed by atoms with Crippen LogP contribution in [0.3, 0.4) is 0 Å². The van der Waals surface area contributed by atoms with Crippen molar-refractivity contribution < 1.29 is 0 Å². The third-order valence-electron chi connectivity index (χ3n) is 4.66. The van der Waals surface area contributed by atoms with Gasteiger partial charge in [-0.2, -0.15) is 0 Å². The average Bonchev–Trinajstić information content (AvgIpc) is 3.06. The zero-order valence-electron chi connectivity index (χ0n) is 14.4. The minimum absolute atomic E-state index is 0.656.